The summed E-state index contributed by atoms with van der Waals surface area (Å²) in [7, 11) is 4.57. The van der Waals surface area contributed by atoms with E-state index in [1.165, 1.54) is 125 Å². The minimum absolute atomic E-state index is 0.380. The second-order valence-corrected chi connectivity index (χ2v) is 100. The number of aryl methyl sites for hydroxylation is 12. The second-order valence-electron chi connectivity index (χ2n) is 44.0. The van der Waals surface area contributed by atoms with Crippen molar-refractivity contribution in [2.45, 2.75) is 389 Å². The average Bonchev–Trinajstić information content (AvgIpc) is 0.884. The van der Waals surface area contributed by atoms with Gasteiger partial charge in [0.15, 0.2) is 0 Å². The first-order valence-corrected chi connectivity index (χ1v) is 78.5. The molecule has 7 rings (SSSR count). The number of benzene rings is 4. The molecular weight excluding hydrogens is 1470 g/mol. The predicted octanol–water partition coefficient (Wildman–Crippen LogP) is 34.0. The molecule has 3 aliphatic rings. The van der Waals surface area contributed by atoms with Crippen molar-refractivity contribution in [3.8, 4) is 0 Å². The van der Waals surface area contributed by atoms with E-state index in [4.69, 9.17) is 0 Å². The maximum atomic E-state index is 2.57. The first kappa shape index (κ1) is 120. The van der Waals surface area contributed by atoms with Crippen LogP contribution in [0.2, 0.25) is 166 Å². The molecule has 0 atom stereocenters. The molecule has 3 fully saturated rings. The quantitative estimate of drug-likeness (QED) is 0.125. The number of nitrogens with zero attached hydrogens (tertiary/aromatic N) is 1. The van der Waals surface area contributed by atoms with Gasteiger partial charge in [0.1, 0.15) is 6.71 Å². The van der Waals surface area contributed by atoms with Gasteiger partial charge in [-0.2, -0.15) is 0 Å². The monoisotopic (exact) mass is 1670 g/mol. The molecule has 0 aromatic heterocycles. The average molecular weight is 1670 g/mol. The van der Waals surface area contributed by atoms with Crippen molar-refractivity contribution in [1.82, 2.24) is 4.90 Å². The van der Waals surface area contributed by atoms with E-state index in [9.17, 15) is 0 Å². The molecular formula is C93H195BGe3NPSi3. The fourth-order valence-electron chi connectivity index (χ4n) is 8.36. The molecule has 1 aliphatic carbocycles. The second kappa shape index (κ2) is 63.3. The summed E-state index contributed by atoms with van der Waals surface area (Å²) in [5.74, 6) is 24.1. The Kier molecular flexibility index (Phi) is 74.4. The third kappa shape index (κ3) is 149. The van der Waals surface area contributed by atoms with Crippen LogP contribution in [-0.2, 0) is 0 Å². The molecule has 1 saturated carbocycles. The normalized spacial score (nSPS) is 14.4. The molecule has 0 N–H and O–H groups in total. The molecule has 4 aromatic carbocycles. The molecule has 2 heterocycles. The molecule has 604 valence electrons. The van der Waals surface area contributed by atoms with Crippen LogP contribution in [0.1, 0.15) is 207 Å². The third-order valence-electron chi connectivity index (χ3n) is 13.0. The Morgan fingerprint density at radius 1 is 0.392 bits per heavy atom. The van der Waals surface area contributed by atoms with Crippen LogP contribution in [0, 0.1) is 99.3 Å². The van der Waals surface area contributed by atoms with Crippen molar-refractivity contribution in [1.29, 1.82) is 0 Å². The van der Waals surface area contributed by atoms with Crippen LogP contribution in [0.3, 0.4) is 0 Å². The van der Waals surface area contributed by atoms with Gasteiger partial charge in [0, 0.05) is 24.2 Å². The molecule has 0 radical (unpaired) electrons. The topological polar surface area (TPSA) is 3.24 Å². The summed E-state index contributed by atoms with van der Waals surface area (Å²) < 4.78 is 0. The summed E-state index contributed by atoms with van der Waals surface area (Å²) in [5.41, 5.74) is 18.1. The first-order valence-electron chi connectivity index (χ1n) is 40.5. The Labute approximate surface area is 663 Å². The summed E-state index contributed by atoms with van der Waals surface area (Å²) in [6.07, 6.45) is 16.5. The zero-order valence-electron chi connectivity index (χ0n) is 80.5. The zero-order chi connectivity index (χ0) is 83.3. The van der Waals surface area contributed by atoms with Crippen LogP contribution in [-0.4, -0.2) is 117 Å². The molecule has 0 bridgehead atoms. The van der Waals surface area contributed by atoms with E-state index in [1.807, 2.05) is 26.0 Å². The van der Waals surface area contributed by atoms with E-state index in [-0.39, 0.29) is 0 Å². The molecule has 102 heavy (non-hydrogen) atoms. The summed E-state index contributed by atoms with van der Waals surface area (Å²) in [4.78, 5) is 2.00. The van der Waals surface area contributed by atoms with Crippen LogP contribution in [0.5, 0.6) is 0 Å². The summed E-state index contributed by atoms with van der Waals surface area (Å²) in [5, 5.41) is 3.28. The first-order chi connectivity index (χ1) is 45.1. The number of rotatable bonds is 0. The molecule has 4 aromatic rings. The summed E-state index contributed by atoms with van der Waals surface area (Å²) >= 11 is -3.03. The van der Waals surface area contributed by atoms with Crippen LogP contribution in [0.25, 0.3) is 0 Å². The molecule has 0 spiro atoms. The molecule has 0 unspecified atom stereocenters. The molecule has 9 heteroatoms. The fourth-order valence-corrected chi connectivity index (χ4v) is 16.6. The van der Waals surface area contributed by atoms with E-state index in [0.29, 0.717) is 24.2 Å². The van der Waals surface area contributed by atoms with E-state index in [0.717, 1.165) is 6.71 Å². The van der Waals surface area contributed by atoms with E-state index >= 15 is 0 Å². The van der Waals surface area contributed by atoms with Gasteiger partial charge >= 0.3 is 127 Å². The Balaban J connectivity index is -0.000000130. The van der Waals surface area contributed by atoms with E-state index < -0.39 is 64.0 Å². The fraction of sp³-hybridized carbons (Fsp3) is 0.742. The predicted molar refractivity (Wildman–Crippen MR) is 516 cm³/mol. The Morgan fingerprint density at radius 3 is 0.745 bits per heavy atom. The van der Waals surface area contributed by atoms with E-state index in [1.54, 1.807) is 35.4 Å². The standard InChI is InChI=1S/C10H14.2C9H12.C8H10.C8H16.C7H16Ge.C7H16Si.2C5H12.2C4H12Ge.2C4H12Si.C3H9B.C3H9N.C3H9P/c1-7-5-9(3)10(4)6-8(7)2;1-7-4-8(2)6-9(3)5-7;1-7-4-5-8(2)9(3)6-7;1-7-3-5-8(2)6-4-7;3*1-8(2)6-4-3-5-7-8;6*1-5(2,3)4;3*1-4(2)3/h5-6H,1-4H3;2*4-6H,1-3H3;3-6H,1-2H3;3*3-7H2,1-2H3;6*1-4H3;3*1-3H3. The molecule has 1 nitrogen and oxygen atoms in total. The SMILES string of the molecule is CB(C)C.CC(C)(C)C.CC(C)(C)C.CC1(C)CCCCC1.CN(C)C.CP(C)C.C[Si](C)(C)C.C[Si](C)(C)C.C[Si]1(C)CCCCC1.Cc1cc(C)c(C)cc1C.Cc1cc(C)cc(C)c1.Cc1ccc(C)c(C)c1.Cc1ccc(C)cc1.[CH3][Ge]([CH3])([CH3])[CH3].[CH3][Ge]([CH3])([CH3])[CH3].[CH3][Ge]1([CH3])[CH2]CCC[CH2]1. The van der Waals surface area contributed by atoms with Crippen molar-refractivity contribution < 1.29 is 0 Å². The van der Waals surface area contributed by atoms with Gasteiger partial charge in [0.25, 0.3) is 0 Å². The molecule has 2 aliphatic heterocycles. The maximum absolute atomic E-state index is 2.57. The number of hydrogen-bond donors (Lipinski definition) is 0. The van der Waals surface area contributed by atoms with E-state index in [2.05, 4.69) is 389 Å². The van der Waals surface area contributed by atoms with Crippen molar-refractivity contribution >= 4 is 78.7 Å². The Bertz CT molecular complexity index is 2190. The van der Waals surface area contributed by atoms with Crippen molar-refractivity contribution in [3.63, 3.8) is 0 Å². The Morgan fingerprint density at radius 2 is 0.588 bits per heavy atom. The van der Waals surface area contributed by atoms with Gasteiger partial charge in [-0.3, -0.25) is 0 Å². The third-order valence-corrected chi connectivity index (χ3v) is 23.6. The van der Waals surface area contributed by atoms with Crippen LogP contribution < -0.4 is 0 Å². The summed E-state index contributed by atoms with van der Waals surface area (Å²) in [6, 6.07) is 29.2. The van der Waals surface area contributed by atoms with Crippen molar-refractivity contribution in [2.24, 2.45) is 16.2 Å². The number of hydrogen-bond acceptors (Lipinski definition) is 1. The Hall–Kier alpha value is -0.386. The van der Waals surface area contributed by atoms with Gasteiger partial charge in [0.2, 0.25) is 0 Å². The van der Waals surface area contributed by atoms with Gasteiger partial charge in [-0.05, 0) is 187 Å². The molecule has 0 amide bonds. The van der Waals surface area contributed by atoms with Crippen molar-refractivity contribution in [2.75, 3.05) is 41.1 Å². The van der Waals surface area contributed by atoms with Gasteiger partial charge < -0.3 is 4.90 Å². The van der Waals surface area contributed by atoms with Gasteiger partial charge in [-0.25, -0.2) is 0 Å². The zero-order valence-corrected chi connectivity index (χ0v) is 90.7. The van der Waals surface area contributed by atoms with Crippen LogP contribution >= 0.6 is 7.92 Å². The van der Waals surface area contributed by atoms with Crippen LogP contribution in [0.15, 0.2) is 72.8 Å². The summed E-state index contributed by atoms with van der Waals surface area (Å²) in [6.45, 7) is 85.5. The van der Waals surface area contributed by atoms with Gasteiger partial charge in [-0.1, -0.05) is 312 Å². The van der Waals surface area contributed by atoms with Gasteiger partial charge in [0.05, 0.1) is 0 Å². The van der Waals surface area contributed by atoms with Gasteiger partial charge in [-0.15, -0.1) is 7.92 Å². The van der Waals surface area contributed by atoms with Crippen molar-refractivity contribution in [3.05, 3.63) is 140 Å². The van der Waals surface area contributed by atoms with Crippen LogP contribution in [0.4, 0.5) is 0 Å². The minimum atomic E-state index is -1.03. The molecule has 2 saturated heterocycles.